The summed E-state index contributed by atoms with van der Waals surface area (Å²) in [6, 6.07) is 21.1. The first-order valence-electron chi connectivity index (χ1n) is 12.8. The summed E-state index contributed by atoms with van der Waals surface area (Å²) in [5.41, 5.74) is 7.19. The lowest BCUT2D eigenvalue weighted by atomic mass is 9.98. The molecule has 1 amide bonds. The maximum Gasteiger partial charge on any atom is 0.251 e. The van der Waals surface area contributed by atoms with Gasteiger partial charge in [0.15, 0.2) is 0 Å². The van der Waals surface area contributed by atoms with Crippen LogP contribution in [-0.2, 0) is 12.8 Å². The molecule has 0 fully saturated rings. The number of carbonyl (C=O) groups excluding carboxylic acids is 1. The lowest BCUT2D eigenvalue weighted by molar-refractivity contribution is 0.0951. The van der Waals surface area contributed by atoms with E-state index in [4.69, 9.17) is 0 Å². The summed E-state index contributed by atoms with van der Waals surface area (Å²) >= 11 is 0. The second kappa shape index (κ2) is 12.0. The van der Waals surface area contributed by atoms with Crippen LogP contribution in [0.4, 0.5) is 0 Å². The van der Waals surface area contributed by atoms with Crippen LogP contribution in [0.15, 0.2) is 60.7 Å². The van der Waals surface area contributed by atoms with E-state index in [0.29, 0.717) is 12.1 Å². The van der Waals surface area contributed by atoms with Gasteiger partial charge in [0.05, 0.1) is 5.69 Å². The quantitative estimate of drug-likeness (QED) is 0.410. The van der Waals surface area contributed by atoms with E-state index in [1.165, 1.54) is 35.4 Å². The van der Waals surface area contributed by atoms with Crippen molar-refractivity contribution < 1.29 is 4.79 Å². The van der Waals surface area contributed by atoms with Crippen LogP contribution in [0.1, 0.15) is 47.8 Å². The number of fused-ring (bicyclic) bond motifs is 1. The molecule has 5 heteroatoms. The zero-order valence-electron chi connectivity index (χ0n) is 20.6. The molecule has 1 aromatic heterocycles. The van der Waals surface area contributed by atoms with Gasteiger partial charge in [0.1, 0.15) is 0 Å². The molecule has 0 bridgehead atoms. The van der Waals surface area contributed by atoms with Crippen molar-refractivity contribution in [1.29, 1.82) is 0 Å². The van der Waals surface area contributed by atoms with Gasteiger partial charge >= 0.3 is 0 Å². The molecule has 0 saturated heterocycles. The molecule has 5 nitrogen and oxygen atoms in total. The lowest BCUT2D eigenvalue weighted by Crippen LogP contribution is -2.33. The van der Waals surface area contributed by atoms with Gasteiger partial charge in [-0.15, -0.1) is 0 Å². The number of likely N-dealkylation sites (N-methyl/N-ethyl adjacent to an activating group) is 2. The highest BCUT2D eigenvalue weighted by atomic mass is 16.1. The Morgan fingerprint density at radius 3 is 2.47 bits per heavy atom. The highest BCUT2D eigenvalue weighted by molar-refractivity contribution is 5.94. The van der Waals surface area contributed by atoms with E-state index in [2.05, 4.69) is 75.6 Å². The molecule has 4 rings (SSSR count). The molecule has 34 heavy (non-hydrogen) atoms. The predicted molar refractivity (Wildman–Crippen MR) is 141 cm³/mol. The van der Waals surface area contributed by atoms with E-state index < -0.39 is 0 Å². The minimum atomic E-state index is 0.00245. The van der Waals surface area contributed by atoms with Crippen molar-refractivity contribution in [3.63, 3.8) is 0 Å². The Bertz CT molecular complexity index is 1060. The van der Waals surface area contributed by atoms with Gasteiger partial charge in [0, 0.05) is 36.6 Å². The summed E-state index contributed by atoms with van der Waals surface area (Å²) in [4.78, 5) is 15.1. The van der Waals surface area contributed by atoms with Gasteiger partial charge < -0.3 is 20.1 Å². The molecule has 0 saturated carbocycles. The Labute approximate surface area is 204 Å². The zero-order chi connectivity index (χ0) is 23.8. The average Bonchev–Trinajstić information content (AvgIpc) is 3.28. The minimum Gasteiger partial charge on any atom is -0.352 e. The number of hydrogen-bond acceptors (Lipinski definition) is 3. The molecule has 1 aliphatic rings. The molecule has 0 aliphatic heterocycles. The van der Waals surface area contributed by atoms with Crippen LogP contribution in [0.25, 0.3) is 16.9 Å². The Morgan fingerprint density at radius 1 is 0.971 bits per heavy atom. The van der Waals surface area contributed by atoms with Gasteiger partial charge in [-0.1, -0.05) is 37.3 Å². The number of rotatable bonds is 11. The summed E-state index contributed by atoms with van der Waals surface area (Å²) in [6.45, 7) is 6.93. The Morgan fingerprint density at radius 2 is 1.74 bits per heavy atom. The fourth-order valence-electron chi connectivity index (χ4n) is 4.88. The largest absolute Gasteiger partial charge is 0.352 e. The zero-order valence-corrected chi connectivity index (χ0v) is 20.6. The van der Waals surface area contributed by atoms with E-state index in [1.54, 1.807) is 0 Å². The summed E-state index contributed by atoms with van der Waals surface area (Å²) in [5.74, 6) is 0.00245. The molecule has 3 aromatic rings. The van der Waals surface area contributed by atoms with Crippen LogP contribution in [-0.4, -0.2) is 55.1 Å². The lowest BCUT2D eigenvalue weighted by Gasteiger charge is -2.20. The van der Waals surface area contributed by atoms with Gasteiger partial charge in [-0.25, -0.2) is 0 Å². The van der Waals surface area contributed by atoms with E-state index in [0.717, 1.165) is 51.1 Å². The summed E-state index contributed by atoms with van der Waals surface area (Å²) in [6.07, 6.45) is 5.70. The molecule has 1 heterocycles. The second-order valence-electron chi connectivity index (χ2n) is 9.10. The molecule has 0 radical (unpaired) electrons. The highest BCUT2D eigenvalue weighted by Crippen LogP contribution is 2.33. The topological polar surface area (TPSA) is 49.3 Å². The van der Waals surface area contributed by atoms with Crippen LogP contribution in [0, 0.1) is 0 Å². The minimum absolute atomic E-state index is 0.00245. The van der Waals surface area contributed by atoms with Gasteiger partial charge in [-0.3, -0.25) is 4.79 Å². The fraction of sp³-hybridized carbons (Fsp3) is 0.414. The maximum atomic E-state index is 12.7. The first-order chi connectivity index (χ1) is 16.7. The average molecular weight is 459 g/mol. The monoisotopic (exact) mass is 458 g/mol. The third kappa shape index (κ3) is 5.78. The molecule has 2 aromatic carbocycles. The van der Waals surface area contributed by atoms with Crippen LogP contribution < -0.4 is 10.6 Å². The molecule has 0 spiro atoms. The first kappa shape index (κ1) is 24.2. The van der Waals surface area contributed by atoms with Crippen molar-refractivity contribution in [1.82, 2.24) is 20.1 Å². The molecule has 180 valence electrons. The summed E-state index contributed by atoms with van der Waals surface area (Å²) in [5, 5.41) is 6.28. The third-order valence-corrected chi connectivity index (χ3v) is 6.82. The van der Waals surface area contributed by atoms with Crippen molar-refractivity contribution in [2.24, 2.45) is 0 Å². The van der Waals surface area contributed by atoms with Crippen LogP contribution in [0.3, 0.4) is 0 Å². The van der Waals surface area contributed by atoms with Gasteiger partial charge in [-0.2, -0.15) is 0 Å². The standard InChI is InChI=1S/C29H38N4O/c1-3-32(21-19-30-2)20-9-18-31-29(34)24-14-16-26(17-15-24)33-27-13-8-7-12-25(27)22-28(33)23-10-5-4-6-11-23/h4-6,10-11,14-17,22,30H,3,7-9,12-13,18-21H2,1-2H3,(H,31,34). The van der Waals surface area contributed by atoms with Crippen molar-refractivity contribution in [3.8, 4) is 16.9 Å². The van der Waals surface area contributed by atoms with E-state index in [9.17, 15) is 4.79 Å². The van der Waals surface area contributed by atoms with Crippen LogP contribution in [0.5, 0.6) is 0 Å². The molecule has 1 aliphatic carbocycles. The Hall–Kier alpha value is -2.89. The Kier molecular flexibility index (Phi) is 8.56. The van der Waals surface area contributed by atoms with Crippen molar-refractivity contribution >= 4 is 5.91 Å². The first-order valence-corrected chi connectivity index (χ1v) is 12.8. The molecule has 2 N–H and O–H groups in total. The van der Waals surface area contributed by atoms with E-state index in [1.807, 2.05) is 19.2 Å². The van der Waals surface area contributed by atoms with Crippen LogP contribution in [0.2, 0.25) is 0 Å². The van der Waals surface area contributed by atoms with E-state index >= 15 is 0 Å². The van der Waals surface area contributed by atoms with Crippen LogP contribution >= 0.6 is 0 Å². The van der Waals surface area contributed by atoms with Gasteiger partial charge in [-0.05, 0) is 93.7 Å². The normalized spacial score (nSPS) is 13.1. The number of benzene rings is 2. The van der Waals surface area contributed by atoms with Crippen molar-refractivity contribution in [2.75, 3.05) is 39.8 Å². The van der Waals surface area contributed by atoms with Crippen molar-refractivity contribution in [2.45, 2.75) is 39.0 Å². The molecular formula is C29H38N4O. The van der Waals surface area contributed by atoms with E-state index in [-0.39, 0.29) is 5.91 Å². The summed E-state index contributed by atoms with van der Waals surface area (Å²) < 4.78 is 2.40. The third-order valence-electron chi connectivity index (χ3n) is 6.82. The fourth-order valence-corrected chi connectivity index (χ4v) is 4.88. The number of aryl methyl sites for hydroxylation is 1. The number of carbonyl (C=O) groups is 1. The highest BCUT2D eigenvalue weighted by Gasteiger charge is 2.20. The number of nitrogens with one attached hydrogen (secondary N) is 2. The maximum absolute atomic E-state index is 12.7. The summed E-state index contributed by atoms with van der Waals surface area (Å²) in [7, 11) is 1.98. The Balaban J connectivity index is 1.44. The molecular weight excluding hydrogens is 420 g/mol. The SMILES string of the molecule is CCN(CCCNC(=O)c1ccc(-n2c(-c3ccccc3)cc3c2CCCC3)cc1)CCNC. The number of aromatic nitrogens is 1. The smallest absolute Gasteiger partial charge is 0.251 e. The molecule has 0 atom stereocenters. The molecule has 0 unspecified atom stereocenters. The predicted octanol–water partition coefficient (Wildman–Crippen LogP) is 4.68. The number of hydrogen-bond donors (Lipinski definition) is 2. The van der Waals surface area contributed by atoms with Gasteiger partial charge in [0.2, 0.25) is 0 Å². The van der Waals surface area contributed by atoms with Gasteiger partial charge in [0.25, 0.3) is 5.91 Å². The number of nitrogens with zero attached hydrogens (tertiary/aromatic N) is 2. The number of amides is 1. The van der Waals surface area contributed by atoms with Crippen molar-refractivity contribution in [3.05, 3.63) is 77.5 Å². The second-order valence-corrected chi connectivity index (χ2v) is 9.10.